The van der Waals surface area contributed by atoms with Gasteiger partial charge in [-0.3, -0.25) is 15.0 Å². The molecule has 5 rings (SSSR count). The number of pyridine rings is 1. The number of ether oxygens (including phenoxy) is 2. The Kier molecular flexibility index (Phi) is 10.4. The van der Waals surface area contributed by atoms with Gasteiger partial charge in [-0.1, -0.05) is 42.4 Å². The van der Waals surface area contributed by atoms with Gasteiger partial charge < -0.3 is 25.5 Å². The van der Waals surface area contributed by atoms with Gasteiger partial charge in [-0.05, 0) is 92.1 Å². The fourth-order valence-corrected chi connectivity index (χ4v) is 4.42. The summed E-state index contributed by atoms with van der Waals surface area (Å²) in [5, 5.41) is 30.9. The average molecular weight is 629 g/mol. The van der Waals surface area contributed by atoms with Crippen LogP contribution in [-0.4, -0.2) is 31.0 Å². The van der Waals surface area contributed by atoms with Crippen LogP contribution in [0.3, 0.4) is 0 Å². The molecule has 0 radical (unpaired) electrons. The van der Waals surface area contributed by atoms with Gasteiger partial charge >= 0.3 is 0 Å². The van der Waals surface area contributed by atoms with E-state index in [4.69, 9.17) is 26.8 Å². The molecular weight excluding hydrogens is 596 g/mol. The summed E-state index contributed by atoms with van der Waals surface area (Å²) in [4.78, 5) is 15.7. The molecule has 0 saturated heterocycles. The van der Waals surface area contributed by atoms with E-state index < -0.39 is 11.4 Å². The normalized spacial score (nSPS) is 13.0. The van der Waals surface area contributed by atoms with E-state index in [9.17, 15) is 20.3 Å². The molecule has 0 aliphatic carbocycles. The first-order valence-corrected chi connectivity index (χ1v) is 14.1. The molecule has 45 heavy (non-hydrogen) atoms. The molecule has 11 heteroatoms. The Balaban J connectivity index is 0.000000210. The number of nitrogens with zero attached hydrogens (tertiary/aromatic N) is 3. The van der Waals surface area contributed by atoms with Crippen LogP contribution < -0.4 is 16.0 Å². The Hall–Kier alpha value is -5.45. The van der Waals surface area contributed by atoms with Crippen LogP contribution in [0.5, 0.6) is 17.4 Å². The molecule has 1 aliphatic heterocycles. The molecule has 232 valence electrons. The highest BCUT2D eigenvalue weighted by atomic mass is 35.5. The number of aromatic nitrogens is 1. The number of aliphatic imine (C=N–C) groups is 1. The van der Waals surface area contributed by atoms with Crippen LogP contribution in [0.1, 0.15) is 30.5 Å². The van der Waals surface area contributed by atoms with Crippen LogP contribution in [0.15, 0.2) is 125 Å². The molecule has 0 atom stereocenters. The van der Waals surface area contributed by atoms with Crippen molar-refractivity contribution in [2.75, 3.05) is 5.73 Å². The summed E-state index contributed by atoms with van der Waals surface area (Å²) in [5.74, 6) is 1.26. The molecule has 5 N–H and O–H groups in total. The predicted molar refractivity (Wildman–Crippen MR) is 174 cm³/mol. The maximum Gasteiger partial charge on any atom is 0.286 e. The molecule has 0 bridgehead atoms. The van der Waals surface area contributed by atoms with Crippen LogP contribution in [-0.2, 0) is 11.3 Å². The van der Waals surface area contributed by atoms with E-state index in [-0.39, 0.29) is 4.73 Å². The first-order valence-electron chi connectivity index (χ1n) is 13.7. The molecule has 0 spiro atoms. The fourth-order valence-electron chi connectivity index (χ4n) is 4.29. The van der Waals surface area contributed by atoms with Crippen LogP contribution in [0.2, 0.25) is 5.02 Å². The van der Waals surface area contributed by atoms with Crippen molar-refractivity contribution in [3.05, 3.63) is 147 Å². The number of nitrogens with two attached hydrogens (primary N) is 1. The fraction of sp³-hybridized carbons (Fsp3) is 0.118. The quantitative estimate of drug-likeness (QED) is 0.0937. The summed E-state index contributed by atoms with van der Waals surface area (Å²) in [6.07, 6.45) is 3.53. The number of para-hydroxylation sites is 2. The molecule has 0 fully saturated rings. The Morgan fingerprint density at radius 2 is 1.60 bits per heavy atom. The van der Waals surface area contributed by atoms with Gasteiger partial charge in [0.15, 0.2) is 0 Å². The molecule has 3 aromatic carbocycles. The molecule has 10 nitrogen and oxygen atoms in total. The van der Waals surface area contributed by atoms with Crippen LogP contribution in [0.4, 0.5) is 11.4 Å². The van der Waals surface area contributed by atoms with Gasteiger partial charge in [0.05, 0.1) is 28.3 Å². The summed E-state index contributed by atoms with van der Waals surface area (Å²) in [5.41, 5.74) is 9.83. The number of aromatic hydroxyl groups is 1. The van der Waals surface area contributed by atoms with Crippen molar-refractivity contribution >= 4 is 28.7 Å². The zero-order valence-electron chi connectivity index (χ0n) is 24.9. The second kappa shape index (κ2) is 14.3. The van der Waals surface area contributed by atoms with Crippen molar-refractivity contribution < 1.29 is 25.0 Å². The standard InChI is InChI=1S/C20H18ClNO3.C14H15N3O3/c1-14-11-15(2)22(23)20(12-14)24-13-16-3-7-18(8-4-16)25-19-9-5-17(21)6-10-19;1-8-7-12(18)17(20)14(19)13(8)9(2)16-11-6-4-3-5-10(11)15/h3-12,23H,2,13H2,1H3;3-7,19-20H,15H2,1-2H3. The Bertz CT molecular complexity index is 1840. The molecule has 0 unspecified atom stereocenters. The number of aryl methyl sites for hydroxylation is 1. The minimum atomic E-state index is -0.698. The first-order chi connectivity index (χ1) is 21.4. The minimum absolute atomic E-state index is 0.190. The van der Waals surface area contributed by atoms with Crippen molar-refractivity contribution in [3.63, 3.8) is 0 Å². The van der Waals surface area contributed by atoms with Crippen molar-refractivity contribution in [3.8, 4) is 17.4 Å². The number of nitrogen functional groups attached to an aromatic ring is 1. The summed E-state index contributed by atoms with van der Waals surface area (Å²) >= 11 is 5.86. The smallest absolute Gasteiger partial charge is 0.286 e. The second-order valence-electron chi connectivity index (χ2n) is 10.1. The van der Waals surface area contributed by atoms with Crippen LogP contribution >= 0.6 is 11.6 Å². The zero-order valence-corrected chi connectivity index (χ0v) is 25.7. The summed E-state index contributed by atoms with van der Waals surface area (Å²) in [6.45, 7) is 9.33. The van der Waals surface area contributed by atoms with Gasteiger partial charge in [0, 0.05) is 17.2 Å². The number of allylic oxidation sites excluding steroid dienone is 3. The number of halogens is 1. The number of anilines is 1. The van der Waals surface area contributed by atoms with Gasteiger partial charge in [0.25, 0.3) is 5.56 Å². The minimum Gasteiger partial charge on any atom is -0.492 e. The molecule has 1 aliphatic rings. The lowest BCUT2D eigenvalue weighted by Crippen LogP contribution is -2.21. The van der Waals surface area contributed by atoms with E-state index in [1.807, 2.05) is 43.3 Å². The number of rotatable bonds is 7. The molecule has 2 heterocycles. The molecule has 0 saturated carbocycles. The van der Waals surface area contributed by atoms with E-state index in [2.05, 4.69) is 11.6 Å². The molecule has 4 aromatic rings. The van der Waals surface area contributed by atoms with Gasteiger partial charge in [-0.15, -0.1) is 4.73 Å². The van der Waals surface area contributed by atoms with Crippen LogP contribution in [0, 0.1) is 6.92 Å². The van der Waals surface area contributed by atoms with Crippen LogP contribution in [0.25, 0.3) is 0 Å². The number of hydrogen-bond donors (Lipinski definition) is 4. The lowest BCUT2D eigenvalue weighted by atomic mass is 10.1. The first kappa shape index (κ1) is 32.5. The molecular formula is C34H33ClN4O6. The summed E-state index contributed by atoms with van der Waals surface area (Å²) in [6, 6.07) is 23.0. The lowest BCUT2D eigenvalue weighted by molar-refractivity contribution is -0.0778. The van der Waals surface area contributed by atoms with Gasteiger partial charge in [0.2, 0.25) is 11.8 Å². The Labute approximate surface area is 265 Å². The van der Waals surface area contributed by atoms with E-state index in [0.29, 0.717) is 51.4 Å². The molecule has 0 amide bonds. The van der Waals surface area contributed by atoms with Crippen molar-refractivity contribution in [1.82, 2.24) is 9.79 Å². The Morgan fingerprint density at radius 1 is 0.978 bits per heavy atom. The summed E-state index contributed by atoms with van der Waals surface area (Å²) < 4.78 is 11.6. The second-order valence-corrected chi connectivity index (χ2v) is 10.5. The van der Waals surface area contributed by atoms with E-state index in [1.54, 1.807) is 62.4 Å². The van der Waals surface area contributed by atoms with E-state index in [0.717, 1.165) is 27.7 Å². The third kappa shape index (κ3) is 8.35. The average Bonchev–Trinajstić information content (AvgIpc) is 3.00. The monoisotopic (exact) mass is 628 g/mol. The molecule has 1 aromatic heterocycles. The Morgan fingerprint density at radius 3 is 2.24 bits per heavy atom. The highest BCUT2D eigenvalue weighted by Crippen LogP contribution is 2.27. The van der Waals surface area contributed by atoms with Gasteiger partial charge in [-0.2, -0.15) is 5.06 Å². The predicted octanol–water partition coefficient (Wildman–Crippen LogP) is 7.48. The highest BCUT2D eigenvalue weighted by molar-refractivity contribution is 6.30. The maximum absolute atomic E-state index is 11.3. The van der Waals surface area contributed by atoms with Crippen molar-refractivity contribution in [2.45, 2.75) is 27.4 Å². The van der Waals surface area contributed by atoms with Gasteiger partial charge in [-0.25, -0.2) is 0 Å². The summed E-state index contributed by atoms with van der Waals surface area (Å²) in [7, 11) is 0. The SMILES string of the molecule is C=C1C=C(C)C=C(OCc2ccc(Oc3ccc(Cl)cc3)cc2)N1O.CC(=Nc1ccccc1N)c1c(C)cc(=O)n(O)c1O. The lowest BCUT2D eigenvalue weighted by Gasteiger charge is -2.24. The van der Waals surface area contributed by atoms with E-state index in [1.165, 1.54) is 6.07 Å². The third-order valence-corrected chi connectivity index (χ3v) is 6.79. The maximum atomic E-state index is 11.3. The van der Waals surface area contributed by atoms with E-state index >= 15 is 0 Å². The third-order valence-electron chi connectivity index (χ3n) is 6.54. The largest absolute Gasteiger partial charge is 0.492 e. The number of benzene rings is 3. The number of hydroxylamine groups is 2. The topological polar surface area (TPSA) is 143 Å². The van der Waals surface area contributed by atoms with Crippen molar-refractivity contribution in [2.24, 2.45) is 4.99 Å². The number of hydrogen-bond acceptors (Lipinski definition) is 9. The van der Waals surface area contributed by atoms with Gasteiger partial charge in [0.1, 0.15) is 18.1 Å². The highest BCUT2D eigenvalue weighted by Gasteiger charge is 2.16. The van der Waals surface area contributed by atoms with Crippen molar-refractivity contribution in [1.29, 1.82) is 0 Å². The zero-order chi connectivity index (χ0) is 32.7.